The van der Waals surface area contributed by atoms with Gasteiger partial charge in [-0.3, -0.25) is 0 Å². The summed E-state index contributed by atoms with van der Waals surface area (Å²) in [5.74, 6) is 0.409. The predicted octanol–water partition coefficient (Wildman–Crippen LogP) is 3.84. The first-order valence-corrected chi connectivity index (χ1v) is 5.78. The van der Waals surface area contributed by atoms with Crippen molar-refractivity contribution in [2.45, 2.75) is 38.6 Å². The van der Waals surface area contributed by atoms with E-state index >= 15 is 0 Å². The van der Waals surface area contributed by atoms with Crippen LogP contribution in [0.4, 0.5) is 4.39 Å². The summed E-state index contributed by atoms with van der Waals surface area (Å²) < 4.78 is 18.6. The molecule has 0 radical (unpaired) electrons. The second kappa shape index (κ2) is 8.31. The summed E-state index contributed by atoms with van der Waals surface area (Å²) in [5.41, 5.74) is 6.52. The first-order valence-electron chi connectivity index (χ1n) is 5.78. The van der Waals surface area contributed by atoms with Gasteiger partial charge in [-0.05, 0) is 24.6 Å². The van der Waals surface area contributed by atoms with Crippen molar-refractivity contribution in [2.24, 2.45) is 5.73 Å². The topological polar surface area (TPSA) is 35.2 Å². The lowest BCUT2D eigenvalue weighted by Crippen LogP contribution is -2.12. The Hall–Kier alpha value is -0.800. The highest BCUT2D eigenvalue weighted by molar-refractivity contribution is 5.85. The first-order chi connectivity index (χ1) is 7.69. The van der Waals surface area contributed by atoms with Crippen LogP contribution in [0.25, 0.3) is 0 Å². The molecule has 0 fully saturated rings. The first kappa shape index (κ1) is 16.2. The van der Waals surface area contributed by atoms with Crippen molar-refractivity contribution in [3.63, 3.8) is 0 Å². The third kappa shape index (κ3) is 4.92. The average molecular weight is 262 g/mol. The van der Waals surface area contributed by atoms with Crippen LogP contribution in [0.2, 0.25) is 0 Å². The Labute approximate surface area is 109 Å². The number of ether oxygens (including phenoxy) is 1. The quantitative estimate of drug-likeness (QED) is 0.790. The molecule has 0 amide bonds. The van der Waals surface area contributed by atoms with E-state index in [2.05, 4.69) is 6.92 Å². The molecule has 2 nitrogen and oxygen atoms in total. The maximum Gasteiger partial charge on any atom is 0.128 e. The summed E-state index contributed by atoms with van der Waals surface area (Å²) in [4.78, 5) is 0. The summed E-state index contributed by atoms with van der Waals surface area (Å²) in [7, 11) is 1.57. The Bertz CT molecular complexity index is 333. The van der Waals surface area contributed by atoms with Crippen molar-refractivity contribution >= 4 is 12.4 Å². The van der Waals surface area contributed by atoms with Gasteiger partial charge in [-0.25, -0.2) is 4.39 Å². The zero-order valence-electron chi connectivity index (χ0n) is 10.4. The van der Waals surface area contributed by atoms with Gasteiger partial charge in [0.05, 0.1) is 7.11 Å². The van der Waals surface area contributed by atoms with Crippen molar-refractivity contribution in [3.8, 4) is 5.75 Å². The SMILES string of the molecule is CCCCC[C@H](N)c1cc(OC)ccc1F.Cl. The normalized spacial score (nSPS) is 11.8. The molecular weight excluding hydrogens is 241 g/mol. The van der Waals surface area contributed by atoms with Gasteiger partial charge in [0.15, 0.2) is 0 Å². The van der Waals surface area contributed by atoms with Gasteiger partial charge in [-0.1, -0.05) is 26.2 Å². The van der Waals surface area contributed by atoms with E-state index in [-0.39, 0.29) is 24.3 Å². The number of methoxy groups -OCH3 is 1. The molecule has 1 aromatic carbocycles. The zero-order chi connectivity index (χ0) is 12.0. The van der Waals surface area contributed by atoms with E-state index in [9.17, 15) is 4.39 Å². The Morgan fingerprint density at radius 2 is 2.06 bits per heavy atom. The minimum Gasteiger partial charge on any atom is -0.497 e. The molecular formula is C13H21ClFNO. The maximum absolute atomic E-state index is 13.5. The van der Waals surface area contributed by atoms with Crippen LogP contribution < -0.4 is 10.5 Å². The fourth-order valence-corrected chi connectivity index (χ4v) is 1.70. The molecule has 0 aliphatic heterocycles. The Morgan fingerprint density at radius 3 is 2.65 bits per heavy atom. The summed E-state index contributed by atoms with van der Waals surface area (Å²) in [6, 6.07) is 4.47. The number of hydrogen-bond acceptors (Lipinski definition) is 2. The lowest BCUT2D eigenvalue weighted by Gasteiger charge is -2.13. The molecule has 0 unspecified atom stereocenters. The molecule has 0 saturated heterocycles. The van der Waals surface area contributed by atoms with Gasteiger partial charge in [0, 0.05) is 11.6 Å². The minimum absolute atomic E-state index is 0. The number of nitrogens with two attached hydrogens (primary N) is 1. The van der Waals surface area contributed by atoms with Gasteiger partial charge in [0.2, 0.25) is 0 Å². The molecule has 0 spiro atoms. The van der Waals surface area contributed by atoms with Crippen LogP contribution in [-0.2, 0) is 0 Å². The van der Waals surface area contributed by atoms with Crippen molar-refractivity contribution < 1.29 is 9.13 Å². The molecule has 0 bridgehead atoms. The van der Waals surface area contributed by atoms with Crippen LogP contribution >= 0.6 is 12.4 Å². The Morgan fingerprint density at radius 1 is 1.35 bits per heavy atom. The molecule has 1 rings (SSSR count). The molecule has 1 aromatic rings. The van der Waals surface area contributed by atoms with E-state index in [4.69, 9.17) is 10.5 Å². The molecule has 0 aliphatic rings. The standard InChI is InChI=1S/C13H20FNO.ClH/c1-3-4-5-6-13(15)11-9-10(16-2)7-8-12(11)14;/h7-9,13H,3-6,15H2,1-2H3;1H/t13-;/m0./s1. The van der Waals surface area contributed by atoms with E-state index in [0.717, 1.165) is 25.7 Å². The minimum atomic E-state index is -0.246. The van der Waals surface area contributed by atoms with Gasteiger partial charge in [0.1, 0.15) is 11.6 Å². The van der Waals surface area contributed by atoms with Crippen LogP contribution in [0.1, 0.15) is 44.2 Å². The lowest BCUT2D eigenvalue weighted by molar-refractivity contribution is 0.411. The van der Waals surface area contributed by atoms with Crippen molar-refractivity contribution in [2.75, 3.05) is 7.11 Å². The fraction of sp³-hybridized carbons (Fsp3) is 0.538. The van der Waals surface area contributed by atoms with Gasteiger partial charge >= 0.3 is 0 Å². The van der Waals surface area contributed by atoms with E-state index in [1.54, 1.807) is 19.2 Å². The molecule has 2 N–H and O–H groups in total. The Balaban J connectivity index is 0.00000256. The predicted molar refractivity (Wildman–Crippen MR) is 71.3 cm³/mol. The second-order valence-corrected chi connectivity index (χ2v) is 3.99. The third-order valence-corrected chi connectivity index (χ3v) is 2.72. The summed E-state index contributed by atoms with van der Waals surface area (Å²) >= 11 is 0. The van der Waals surface area contributed by atoms with E-state index in [1.165, 1.54) is 6.07 Å². The van der Waals surface area contributed by atoms with Crippen molar-refractivity contribution in [1.82, 2.24) is 0 Å². The van der Waals surface area contributed by atoms with Gasteiger partial charge in [-0.2, -0.15) is 0 Å². The molecule has 98 valence electrons. The largest absolute Gasteiger partial charge is 0.497 e. The number of halogens is 2. The molecule has 0 aliphatic carbocycles. The smallest absolute Gasteiger partial charge is 0.128 e. The second-order valence-electron chi connectivity index (χ2n) is 3.99. The molecule has 17 heavy (non-hydrogen) atoms. The monoisotopic (exact) mass is 261 g/mol. The zero-order valence-corrected chi connectivity index (χ0v) is 11.2. The molecule has 1 atom stereocenters. The van der Waals surface area contributed by atoms with Gasteiger partial charge in [-0.15, -0.1) is 12.4 Å². The molecule has 0 saturated carbocycles. The van der Waals surface area contributed by atoms with Crippen molar-refractivity contribution in [1.29, 1.82) is 0 Å². The van der Waals surface area contributed by atoms with Crippen molar-refractivity contribution in [3.05, 3.63) is 29.6 Å². The number of rotatable bonds is 6. The fourth-order valence-electron chi connectivity index (χ4n) is 1.70. The lowest BCUT2D eigenvalue weighted by atomic mass is 10.0. The summed E-state index contributed by atoms with van der Waals surface area (Å²) in [5, 5.41) is 0. The highest BCUT2D eigenvalue weighted by Gasteiger charge is 2.12. The van der Waals surface area contributed by atoms with Crippen LogP contribution in [0.15, 0.2) is 18.2 Å². The highest BCUT2D eigenvalue weighted by Crippen LogP contribution is 2.24. The maximum atomic E-state index is 13.5. The summed E-state index contributed by atoms with van der Waals surface area (Å²) in [6.07, 6.45) is 4.14. The molecule has 4 heteroatoms. The van der Waals surface area contributed by atoms with E-state index in [0.29, 0.717) is 11.3 Å². The molecule has 0 heterocycles. The number of unbranched alkanes of at least 4 members (excludes halogenated alkanes) is 2. The van der Waals surface area contributed by atoms with Crippen LogP contribution in [-0.4, -0.2) is 7.11 Å². The van der Waals surface area contributed by atoms with Gasteiger partial charge in [0.25, 0.3) is 0 Å². The van der Waals surface area contributed by atoms with Crippen LogP contribution in [0, 0.1) is 5.82 Å². The number of hydrogen-bond donors (Lipinski definition) is 1. The van der Waals surface area contributed by atoms with E-state index < -0.39 is 0 Å². The third-order valence-electron chi connectivity index (χ3n) is 2.72. The highest BCUT2D eigenvalue weighted by atomic mass is 35.5. The number of benzene rings is 1. The molecule has 0 aromatic heterocycles. The van der Waals surface area contributed by atoms with Crippen LogP contribution in [0.3, 0.4) is 0 Å². The van der Waals surface area contributed by atoms with E-state index in [1.807, 2.05) is 0 Å². The Kier molecular flexibility index (Phi) is 7.92. The summed E-state index contributed by atoms with van der Waals surface area (Å²) in [6.45, 7) is 2.14. The van der Waals surface area contributed by atoms with Gasteiger partial charge < -0.3 is 10.5 Å². The average Bonchev–Trinajstić information content (AvgIpc) is 2.30. The van der Waals surface area contributed by atoms with Crippen LogP contribution in [0.5, 0.6) is 5.75 Å².